The van der Waals surface area contributed by atoms with E-state index in [-0.39, 0.29) is 59.1 Å². The van der Waals surface area contributed by atoms with Gasteiger partial charge in [-0.3, -0.25) is 9.59 Å². The van der Waals surface area contributed by atoms with Crippen molar-refractivity contribution in [2.45, 2.75) is 32.0 Å². The van der Waals surface area contributed by atoms with Gasteiger partial charge in [0.25, 0.3) is 0 Å². The molecule has 11 heteroatoms. The molecule has 0 amide bonds. The quantitative estimate of drug-likeness (QED) is 0.483. The molecule has 0 unspecified atom stereocenters. The SMILES string of the molecule is COc1cc(-c2cc(=O)c3c(o2)C(Cl)=CC3)c(OCCOC2CC(C(=O)O)C2)cc1OC(F)F. The van der Waals surface area contributed by atoms with E-state index in [0.29, 0.717) is 29.9 Å². The Balaban J connectivity index is 1.58. The van der Waals surface area contributed by atoms with E-state index in [0.717, 1.165) is 0 Å². The van der Waals surface area contributed by atoms with E-state index >= 15 is 0 Å². The molecule has 2 aliphatic rings. The molecule has 1 aromatic carbocycles. The number of ether oxygens (including phenoxy) is 4. The number of carboxylic acid groups (broad SMARTS) is 1. The second kappa shape index (κ2) is 10.0. The molecule has 8 nitrogen and oxygen atoms in total. The fourth-order valence-electron chi connectivity index (χ4n) is 3.79. The van der Waals surface area contributed by atoms with Gasteiger partial charge in [0, 0.05) is 17.7 Å². The maximum absolute atomic E-state index is 12.9. The molecule has 1 fully saturated rings. The van der Waals surface area contributed by atoms with Crippen LogP contribution in [0.5, 0.6) is 17.2 Å². The number of halogens is 3. The number of aliphatic carboxylic acids is 1. The third-order valence-corrected chi connectivity index (χ3v) is 5.96. The highest BCUT2D eigenvalue weighted by molar-refractivity contribution is 6.48. The van der Waals surface area contributed by atoms with Gasteiger partial charge in [0.05, 0.1) is 36.3 Å². The number of carbonyl (C=O) groups is 1. The van der Waals surface area contributed by atoms with Crippen LogP contribution in [0, 0.1) is 5.92 Å². The first-order valence-electron chi connectivity index (χ1n) is 10.4. The Morgan fingerprint density at radius 3 is 2.65 bits per heavy atom. The van der Waals surface area contributed by atoms with Gasteiger partial charge >= 0.3 is 12.6 Å². The van der Waals surface area contributed by atoms with E-state index in [1.807, 2.05) is 0 Å². The molecule has 2 aliphatic carbocycles. The van der Waals surface area contributed by atoms with Crippen LogP contribution >= 0.6 is 11.6 Å². The van der Waals surface area contributed by atoms with E-state index < -0.39 is 18.5 Å². The highest BCUT2D eigenvalue weighted by atomic mass is 35.5. The topological polar surface area (TPSA) is 104 Å². The van der Waals surface area contributed by atoms with Crippen molar-refractivity contribution in [1.29, 1.82) is 0 Å². The van der Waals surface area contributed by atoms with Crippen LogP contribution in [0.4, 0.5) is 8.78 Å². The van der Waals surface area contributed by atoms with Gasteiger partial charge < -0.3 is 28.5 Å². The molecule has 4 rings (SSSR count). The van der Waals surface area contributed by atoms with Crippen LogP contribution in [0.15, 0.2) is 33.5 Å². The summed E-state index contributed by atoms with van der Waals surface area (Å²) in [4.78, 5) is 23.5. The zero-order valence-corrected chi connectivity index (χ0v) is 18.8. The minimum absolute atomic E-state index is 0.0159. The third kappa shape index (κ3) is 5.02. The molecule has 2 aromatic rings. The highest BCUT2D eigenvalue weighted by Crippen LogP contribution is 2.42. The smallest absolute Gasteiger partial charge is 0.387 e. The summed E-state index contributed by atoms with van der Waals surface area (Å²) < 4.78 is 52.7. The average Bonchev–Trinajstić information content (AvgIpc) is 3.13. The lowest BCUT2D eigenvalue weighted by molar-refractivity contribution is -0.151. The van der Waals surface area contributed by atoms with E-state index in [9.17, 15) is 18.4 Å². The molecule has 0 spiro atoms. The van der Waals surface area contributed by atoms with Crippen LogP contribution in [-0.2, 0) is 16.0 Å². The Hall–Kier alpha value is -3.11. The standard InChI is InChI=1S/C23H21ClF2O8/c1-30-19-8-14(18-9-16(27)13-2-3-15(24)21(13)33-18)17(10-20(19)34-23(25)26)32-5-4-31-12-6-11(7-12)22(28)29/h3,8-12,23H,2,4-7H2,1H3,(H,28,29). The van der Waals surface area contributed by atoms with Crippen LogP contribution in [0.25, 0.3) is 16.4 Å². The molecule has 0 saturated heterocycles. The van der Waals surface area contributed by atoms with Crippen molar-refractivity contribution in [3.05, 3.63) is 45.8 Å². The number of rotatable bonds is 10. The summed E-state index contributed by atoms with van der Waals surface area (Å²) in [6.07, 6.45) is 2.67. The van der Waals surface area contributed by atoms with Crippen LogP contribution in [0.3, 0.4) is 0 Å². The lowest BCUT2D eigenvalue weighted by Crippen LogP contribution is -2.37. The first kappa shape index (κ1) is 24.0. The molecular weight excluding hydrogens is 478 g/mol. The summed E-state index contributed by atoms with van der Waals surface area (Å²) >= 11 is 6.15. The van der Waals surface area contributed by atoms with Crippen molar-refractivity contribution in [2.24, 2.45) is 5.92 Å². The van der Waals surface area contributed by atoms with Gasteiger partial charge in [0.1, 0.15) is 18.1 Å². The Morgan fingerprint density at radius 1 is 1.21 bits per heavy atom. The zero-order chi connectivity index (χ0) is 24.4. The highest BCUT2D eigenvalue weighted by Gasteiger charge is 2.35. The normalized spacial score (nSPS) is 18.8. The minimum Gasteiger partial charge on any atom is -0.493 e. The lowest BCUT2D eigenvalue weighted by atomic mass is 9.82. The number of fused-ring (bicyclic) bond motifs is 1. The number of carboxylic acids is 1. The fourth-order valence-corrected chi connectivity index (χ4v) is 4.02. The predicted molar refractivity (Wildman–Crippen MR) is 117 cm³/mol. The molecular formula is C23H21ClF2O8. The maximum Gasteiger partial charge on any atom is 0.387 e. The number of alkyl halides is 2. The third-order valence-electron chi connectivity index (χ3n) is 5.63. The monoisotopic (exact) mass is 498 g/mol. The molecule has 0 atom stereocenters. The number of benzene rings is 1. The van der Waals surface area contributed by atoms with Gasteiger partial charge in [0.2, 0.25) is 0 Å². The molecule has 1 N–H and O–H groups in total. The zero-order valence-electron chi connectivity index (χ0n) is 18.0. The van der Waals surface area contributed by atoms with E-state index in [2.05, 4.69) is 4.74 Å². The molecule has 1 aromatic heterocycles. The number of hydrogen-bond donors (Lipinski definition) is 1. The summed E-state index contributed by atoms with van der Waals surface area (Å²) in [7, 11) is 1.29. The van der Waals surface area contributed by atoms with Gasteiger partial charge in [-0.2, -0.15) is 8.78 Å². The molecule has 0 bridgehead atoms. The summed E-state index contributed by atoms with van der Waals surface area (Å²) in [6, 6.07) is 3.86. The van der Waals surface area contributed by atoms with Crippen LogP contribution in [0.1, 0.15) is 24.2 Å². The van der Waals surface area contributed by atoms with E-state index in [1.165, 1.54) is 25.3 Å². The Labute approximate surface area is 197 Å². The van der Waals surface area contributed by atoms with Gasteiger partial charge in [0.15, 0.2) is 22.7 Å². The van der Waals surface area contributed by atoms with Crippen molar-refractivity contribution < 1.29 is 42.0 Å². The Morgan fingerprint density at radius 2 is 1.97 bits per heavy atom. The maximum atomic E-state index is 12.9. The first-order chi connectivity index (χ1) is 16.3. The van der Waals surface area contributed by atoms with Gasteiger partial charge in [-0.25, -0.2) is 0 Å². The second-order valence-electron chi connectivity index (χ2n) is 7.76. The summed E-state index contributed by atoms with van der Waals surface area (Å²) in [6.45, 7) is -2.94. The van der Waals surface area contributed by atoms with Crippen LogP contribution in [-0.4, -0.2) is 44.1 Å². The average molecular weight is 499 g/mol. The van der Waals surface area contributed by atoms with Crippen LogP contribution < -0.4 is 19.6 Å². The molecule has 0 radical (unpaired) electrons. The number of methoxy groups -OCH3 is 1. The second-order valence-corrected chi connectivity index (χ2v) is 8.17. The molecule has 1 heterocycles. The first-order valence-corrected chi connectivity index (χ1v) is 10.8. The largest absolute Gasteiger partial charge is 0.493 e. The van der Waals surface area contributed by atoms with Gasteiger partial charge in [-0.1, -0.05) is 17.7 Å². The number of allylic oxidation sites excluding steroid dienone is 1. The summed E-state index contributed by atoms with van der Waals surface area (Å²) in [5, 5.41) is 9.24. The molecule has 34 heavy (non-hydrogen) atoms. The van der Waals surface area contributed by atoms with Crippen molar-refractivity contribution in [2.75, 3.05) is 20.3 Å². The van der Waals surface area contributed by atoms with Crippen molar-refractivity contribution in [1.82, 2.24) is 0 Å². The fraction of sp³-hybridized carbons (Fsp3) is 0.391. The van der Waals surface area contributed by atoms with Crippen LogP contribution in [0.2, 0.25) is 0 Å². The molecule has 1 saturated carbocycles. The number of hydrogen-bond acceptors (Lipinski definition) is 7. The Bertz CT molecular complexity index is 1170. The minimum atomic E-state index is -3.10. The lowest BCUT2D eigenvalue weighted by Gasteiger charge is -2.32. The van der Waals surface area contributed by atoms with Gasteiger partial charge in [-0.05, 0) is 25.3 Å². The molecule has 182 valence electrons. The van der Waals surface area contributed by atoms with Gasteiger partial charge in [-0.15, -0.1) is 0 Å². The van der Waals surface area contributed by atoms with E-state index in [4.69, 9.17) is 35.3 Å². The summed E-state index contributed by atoms with van der Waals surface area (Å²) in [5.41, 5.74) is 0.404. The van der Waals surface area contributed by atoms with E-state index in [1.54, 1.807) is 6.08 Å². The van der Waals surface area contributed by atoms with Crippen molar-refractivity contribution in [3.8, 4) is 28.6 Å². The predicted octanol–water partition coefficient (Wildman–Crippen LogP) is 4.31. The molecule has 0 aliphatic heterocycles. The summed E-state index contributed by atoms with van der Waals surface area (Å²) in [5.74, 6) is -1.09. The van der Waals surface area contributed by atoms with Crippen molar-refractivity contribution >= 4 is 22.6 Å². The Kier molecular flexibility index (Phi) is 7.08. The van der Waals surface area contributed by atoms with Crippen molar-refractivity contribution in [3.63, 3.8) is 0 Å².